The van der Waals surface area contributed by atoms with Crippen LogP contribution in [-0.4, -0.2) is 44.8 Å². The number of hydrogen-bond acceptors (Lipinski definition) is 5. The van der Waals surface area contributed by atoms with Crippen LogP contribution >= 0.6 is 0 Å². The highest BCUT2D eigenvalue weighted by atomic mass is 16.7. The van der Waals surface area contributed by atoms with Crippen molar-refractivity contribution in [2.75, 3.05) is 26.4 Å². The van der Waals surface area contributed by atoms with Crippen LogP contribution in [0, 0.1) is 0 Å². The second-order valence-electron chi connectivity index (χ2n) is 4.70. The molecule has 0 saturated carbocycles. The molecule has 2 unspecified atom stereocenters. The third-order valence-electron chi connectivity index (χ3n) is 2.94. The first kappa shape index (κ1) is 15.7. The largest absolute Gasteiger partial charge is 0.432 e. The number of benzene rings is 1. The van der Waals surface area contributed by atoms with Crippen molar-refractivity contribution in [1.29, 1.82) is 0 Å². The van der Waals surface area contributed by atoms with Gasteiger partial charge in [-0.3, -0.25) is 0 Å². The zero-order valence-corrected chi connectivity index (χ0v) is 12.1. The molecule has 2 rings (SSSR count). The van der Waals surface area contributed by atoms with Gasteiger partial charge in [0.1, 0.15) is 6.10 Å². The maximum Gasteiger partial charge on any atom is 0.340 e. The van der Waals surface area contributed by atoms with Gasteiger partial charge in [-0.25, -0.2) is 4.79 Å². The number of carbonyl (C=O) groups is 1. The lowest BCUT2D eigenvalue weighted by Gasteiger charge is -2.14. The monoisotopic (exact) mass is 292 g/mol. The van der Waals surface area contributed by atoms with Gasteiger partial charge in [0.05, 0.1) is 32.0 Å². The standard InChI is InChI=1S/C16H20O5/c1-3-13-4-6-14(7-5-13)16(17)21-12(2)19-9-8-18-10-15-11-20-15/h3-7,12,15H,1,8-11H2,2H3. The molecule has 2 atom stereocenters. The molecule has 5 nitrogen and oxygen atoms in total. The summed E-state index contributed by atoms with van der Waals surface area (Å²) in [5.41, 5.74) is 1.44. The van der Waals surface area contributed by atoms with Crippen molar-refractivity contribution in [3.05, 3.63) is 42.0 Å². The summed E-state index contributed by atoms with van der Waals surface area (Å²) in [5.74, 6) is -0.412. The molecule has 1 heterocycles. The average Bonchev–Trinajstić information content (AvgIpc) is 3.31. The van der Waals surface area contributed by atoms with Crippen LogP contribution in [0.5, 0.6) is 0 Å². The first-order chi connectivity index (χ1) is 10.2. The fourth-order valence-electron chi connectivity index (χ4n) is 1.66. The van der Waals surface area contributed by atoms with E-state index in [1.54, 1.807) is 25.1 Å². The van der Waals surface area contributed by atoms with Gasteiger partial charge in [0.2, 0.25) is 6.29 Å². The maximum absolute atomic E-state index is 11.9. The topological polar surface area (TPSA) is 57.3 Å². The Kier molecular flexibility index (Phi) is 5.92. The van der Waals surface area contributed by atoms with Gasteiger partial charge >= 0.3 is 5.97 Å². The molecule has 0 bridgehead atoms. The van der Waals surface area contributed by atoms with Gasteiger partial charge in [-0.05, 0) is 24.6 Å². The number of epoxide rings is 1. The van der Waals surface area contributed by atoms with E-state index in [-0.39, 0.29) is 6.10 Å². The van der Waals surface area contributed by atoms with Gasteiger partial charge in [-0.1, -0.05) is 24.8 Å². The highest BCUT2D eigenvalue weighted by molar-refractivity contribution is 5.89. The molecular weight excluding hydrogens is 272 g/mol. The summed E-state index contributed by atoms with van der Waals surface area (Å²) in [6.07, 6.45) is 1.35. The van der Waals surface area contributed by atoms with Crippen molar-refractivity contribution in [1.82, 2.24) is 0 Å². The summed E-state index contributed by atoms with van der Waals surface area (Å²) in [7, 11) is 0. The summed E-state index contributed by atoms with van der Waals surface area (Å²) < 4.78 is 20.9. The molecule has 1 aliphatic heterocycles. The van der Waals surface area contributed by atoms with E-state index in [0.717, 1.165) is 12.2 Å². The highest BCUT2D eigenvalue weighted by Gasteiger charge is 2.22. The van der Waals surface area contributed by atoms with Crippen molar-refractivity contribution >= 4 is 12.0 Å². The van der Waals surface area contributed by atoms with Crippen LogP contribution in [0.1, 0.15) is 22.8 Å². The zero-order chi connectivity index (χ0) is 15.1. The molecule has 1 aromatic rings. The van der Waals surface area contributed by atoms with Crippen LogP contribution in [0.4, 0.5) is 0 Å². The molecule has 0 aliphatic carbocycles. The molecule has 21 heavy (non-hydrogen) atoms. The van der Waals surface area contributed by atoms with Gasteiger partial charge in [0.15, 0.2) is 0 Å². The average molecular weight is 292 g/mol. The Balaban J connectivity index is 1.64. The Labute approximate surface area is 124 Å². The third kappa shape index (κ3) is 5.67. The van der Waals surface area contributed by atoms with Crippen molar-refractivity contribution < 1.29 is 23.7 Å². The Morgan fingerprint density at radius 2 is 2.14 bits per heavy atom. The van der Waals surface area contributed by atoms with E-state index < -0.39 is 12.3 Å². The Morgan fingerprint density at radius 3 is 2.76 bits per heavy atom. The molecule has 114 valence electrons. The van der Waals surface area contributed by atoms with E-state index in [9.17, 15) is 4.79 Å². The molecule has 0 N–H and O–H groups in total. The van der Waals surface area contributed by atoms with E-state index in [2.05, 4.69) is 6.58 Å². The minimum atomic E-state index is -0.614. The second-order valence-corrected chi connectivity index (χ2v) is 4.70. The van der Waals surface area contributed by atoms with Crippen LogP contribution in [0.3, 0.4) is 0 Å². The lowest BCUT2D eigenvalue weighted by Crippen LogP contribution is -2.20. The molecule has 0 radical (unpaired) electrons. The lowest BCUT2D eigenvalue weighted by atomic mass is 10.1. The Bertz CT molecular complexity index is 464. The van der Waals surface area contributed by atoms with E-state index in [1.807, 2.05) is 12.1 Å². The SMILES string of the molecule is C=Cc1ccc(C(=O)OC(C)OCCOCC2CO2)cc1. The first-order valence-corrected chi connectivity index (χ1v) is 6.93. The number of carbonyl (C=O) groups excluding carboxylic acids is 1. The van der Waals surface area contributed by atoms with Gasteiger partial charge in [-0.2, -0.15) is 0 Å². The Hall–Kier alpha value is -1.69. The molecular formula is C16H20O5. The van der Waals surface area contributed by atoms with Crippen LogP contribution in [0.25, 0.3) is 6.08 Å². The predicted molar refractivity (Wildman–Crippen MR) is 77.9 cm³/mol. The lowest BCUT2D eigenvalue weighted by molar-refractivity contribution is -0.110. The fraction of sp³-hybridized carbons (Fsp3) is 0.438. The zero-order valence-electron chi connectivity index (χ0n) is 12.1. The van der Waals surface area contributed by atoms with Gasteiger partial charge in [-0.15, -0.1) is 0 Å². The molecule has 1 aromatic carbocycles. The van der Waals surface area contributed by atoms with Crippen molar-refractivity contribution in [3.63, 3.8) is 0 Å². The molecule has 5 heteroatoms. The maximum atomic E-state index is 11.9. The van der Waals surface area contributed by atoms with Gasteiger partial charge < -0.3 is 18.9 Å². The van der Waals surface area contributed by atoms with Crippen LogP contribution in [0.2, 0.25) is 0 Å². The Morgan fingerprint density at radius 1 is 1.43 bits per heavy atom. The van der Waals surface area contributed by atoms with Crippen LogP contribution < -0.4 is 0 Å². The smallest absolute Gasteiger partial charge is 0.340 e. The van der Waals surface area contributed by atoms with Crippen molar-refractivity contribution in [2.24, 2.45) is 0 Å². The predicted octanol–water partition coefficient (Wildman–Crippen LogP) is 2.26. The molecule has 1 fully saturated rings. The number of esters is 1. The molecule has 1 aliphatic rings. The highest BCUT2D eigenvalue weighted by Crippen LogP contribution is 2.09. The van der Waals surface area contributed by atoms with E-state index in [0.29, 0.717) is 25.4 Å². The van der Waals surface area contributed by atoms with Gasteiger partial charge in [0, 0.05) is 0 Å². The quantitative estimate of drug-likeness (QED) is 0.302. The van der Waals surface area contributed by atoms with Crippen LogP contribution in [0.15, 0.2) is 30.8 Å². The van der Waals surface area contributed by atoms with Gasteiger partial charge in [0.25, 0.3) is 0 Å². The summed E-state index contributed by atoms with van der Waals surface area (Å²) in [6, 6.07) is 7.02. The molecule has 0 spiro atoms. The summed E-state index contributed by atoms with van der Waals surface area (Å²) in [5, 5.41) is 0. The minimum Gasteiger partial charge on any atom is -0.432 e. The molecule has 0 amide bonds. The summed E-state index contributed by atoms with van der Waals surface area (Å²) in [6.45, 7) is 7.54. The summed E-state index contributed by atoms with van der Waals surface area (Å²) in [4.78, 5) is 11.9. The number of rotatable bonds is 9. The normalized spacial score (nSPS) is 18.0. The number of ether oxygens (including phenoxy) is 4. The molecule has 0 aromatic heterocycles. The minimum absolute atomic E-state index is 0.249. The van der Waals surface area contributed by atoms with Crippen LogP contribution in [-0.2, 0) is 18.9 Å². The molecule has 1 saturated heterocycles. The van der Waals surface area contributed by atoms with E-state index in [1.165, 1.54) is 0 Å². The van der Waals surface area contributed by atoms with E-state index in [4.69, 9.17) is 18.9 Å². The van der Waals surface area contributed by atoms with E-state index >= 15 is 0 Å². The first-order valence-electron chi connectivity index (χ1n) is 6.93. The number of hydrogen-bond donors (Lipinski definition) is 0. The fourth-order valence-corrected chi connectivity index (χ4v) is 1.66. The second kappa shape index (κ2) is 7.93. The third-order valence-corrected chi connectivity index (χ3v) is 2.94. The summed E-state index contributed by atoms with van der Waals surface area (Å²) >= 11 is 0. The van der Waals surface area contributed by atoms with Crippen molar-refractivity contribution in [2.45, 2.75) is 19.3 Å². The van der Waals surface area contributed by atoms with Crippen molar-refractivity contribution in [3.8, 4) is 0 Å².